The molecule has 0 spiro atoms. The molecule has 0 saturated heterocycles. The van der Waals surface area contributed by atoms with Gasteiger partial charge in [-0.25, -0.2) is 14.4 Å². The molecular weight excluding hydrogens is 351 g/mol. The minimum Gasteiger partial charge on any atom is -0.366 e. The molecule has 2 heterocycles. The van der Waals surface area contributed by atoms with Gasteiger partial charge in [0, 0.05) is 6.54 Å². The zero-order valence-corrected chi connectivity index (χ0v) is 13.9. The second-order valence-corrected chi connectivity index (χ2v) is 5.69. The average Bonchev–Trinajstić information content (AvgIpc) is 3.11. The van der Waals surface area contributed by atoms with E-state index in [9.17, 15) is 9.18 Å². The van der Waals surface area contributed by atoms with Crippen molar-refractivity contribution in [3.63, 3.8) is 0 Å². The maximum absolute atomic E-state index is 13.3. The molecule has 0 saturated carbocycles. The van der Waals surface area contributed by atoms with Gasteiger partial charge in [-0.1, -0.05) is 23.4 Å². The smallest absolute Gasteiger partial charge is 0.251 e. The molecule has 0 aliphatic heterocycles. The van der Waals surface area contributed by atoms with Gasteiger partial charge in [0.05, 0.1) is 10.9 Å². The van der Waals surface area contributed by atoms with Crippen molar-refractivity contribution in [3.8, 4) is 11.6 Å². The number of carbonyl (C=O) groups excluding carboxylic acids is 1. The molecule has 0 aliphatic carbocycles. The van der Waals surface area contributed by atoms with Gasteiger partial charge in [-0.15, -0.1) is 0 Å². The Morgan fingerprint density at radius 1 is 1.19 bits per heavy atom. The molecule has 1 amide bonds. The number of hydrogen-bond donors (Lipinski definition) is 2. The van der Waals surface area contributed by atoms with Crippen LogP contribution < -0.4 is 11.1 Å². The summed E-state index contributed by atoms with van der Waals surface area (Å²) in [5.74, 6) is -0.0856. The number of fused-ring (bicyclic) bond motifs is 1. The molecule has 0 bridgehead atoms. The summed E-state index contributed by atoms with van der Waals surface area (Å²) in [6.45, 7) is 0.337. The molecule has 4 rings (SSSR count). The molecule has 8 nitrogen and oxygen atoms in total. The summed E-state index contributed by atoms with van der Waals surface area (Å²) in [7, 11) is 0. The molecule has 3 N–H and O–H groups in total. The van der Waals surface area contributed by atoms with E-state index in [4.69, 9.17) is 10.3 Å². The summed E-state index contributed by atoms with van der Waals surface area (Å²) >= 11 is 0. The van der Waals surface area contributed by atoms with Crippen molar-refractivity contribution in [1.82, 2.24) is 20.1 Å². The highest BCUT2D eigenvalue weighted by Crippen LogP contribution is 2.28. The molecule has 9 heteroatoms. The van der Waals surface area contributed by atoms with Crippen LogP contribution in [0.3, 0.4) is 0 Å². The maximum atomic E-state index is 13.3. The van der Waals surface area contributed by atoms with Crippen molar-refractivity contribution in [2.24, 2.45) is 5.73 Å². The van der Waals surface area contributed by atoms with Crippen LogP contribution in [-0.4, -0.2) is 26.0 Å². The van der Waals surface area contributed by atoms with Gasteiger partial charge in [-0.2, -0.15) is 4.98 Å². The first-order valence-electron chi connectivity index (χ1n) is 7.98. The van der Waals surface area contributed by atoms with Crippen molar-refractivity contribution >= 4 is 22.8 Å². The summed E-state index contributed by atoms with van der Waals surface area (Å²) in [5.41, 5.74) is 6.70. The fourth-order valence-corrected chi connectivity index (χ4v) is 2.64. The molecule has 0 unspecified atom stereocenters. The first-order chi connectivity index (χ1) is 13.1. The van der Waals surface area contributed by atoms with Crippen LogP contribution in [-0.2, 0) is 6.54 Å². The van der Waals surface area contributed by atoms with Gasteiger partial charge in [-0.3, -0.25) is 4.79 Å². The summed E-state index contributed by atoms with van der Waals surface area (Å²) < 4.78 is 18.6. The predicted octanol–water partition coefficient (Wildman–Crippen LogP) is 2.53. The Balaban J connectivity index is 1.64. The summed E-state index contributed by atoms with van der Waals surface area (Å²) in [4.78, 5) is 24.0. The predicted molar refractivity (Wildman–Crippen MR) is 95.1 cm³/mol. The van der Waals surface area contributed by atoms with Gasteiger partial charge in [0.1, 0.15) is 17.7 Å². The van der Waals surface area contributed by atoms with E-state index in [1.165, 1.54) is 18.5 Å². The monoisotopic (exact) mass is 364 g/mol. The van der Waals surface area contributed by atoms with E-state index in [0.717, 1.165) is 5.56 Å². The van der Waals surface area contributed by atoms with E-state index in [1.807, 2.05) is 0 Å². The third-order valence-electron chi connectivity index (χ3n) is 3.89. The highest BCUT2D eigenvalue weighted by molar-refractivity contribution is 6.07. The first-order valence-corrected chi connectivity index (χ1v) is 7.98. The van der Waals surface area contributed by atoms with E-state index in [-0.39, 0.29) is 17.2 Å². The maximum Gasteiger partial charge on any atom is 0.251 e. The number of carbonyl (C=O) groups is 1. The number of benzene rings is 2. The Labute approximate surface area is 152 Å². The minimum absolute atomic E-state index is 0.246. The van der Waals surface area contributed by atoms with Crippen molar-refractivity contribution in [2.75, 3.05) is 5.32 Å². The fourth-order valence-electron chi connectivity index (χ4n) is 2.64. The highest BCUT2D eigenvalue weighted by Gasteiger charge is 2.18. The molecule has 0 aliphatic rings. The summed E-state index contributed by atoms with van der Waals surface area (Å²) in [6, 6.07) is 11.2. The first kappa shape index (κ1) is 16.6. The molecule has 0 atom stereocenters. The minimum atomic E-state index is -0.603. The SMILES string of the molecule is NC(=O)c1cccc2c(-c3ncnc(NCc4cccc(F)c4)n3)onc12. The Morgan fingerprint density at radius 2 is 2.04 bits per heavy atom. The Bertz CT molecular complexity index is 1140. The highest BCUT2D eigenvalue weighted by atomic mass is 19.1. The van der Waals surface area contributed by atoms with E-state index in [0.29, 0.717) is 29.2 Å². The Morgan fingerprint density at radius 3 is 2.85 bits per heavy atom. The van der Waals surface area contributed by atoms with Gasteiger partial charge in [0.15, 0.2) is 0 Å². The topological polar surface area (TPSA) is 120 Å². The second-order valence-electron chi connectivity index (χ2n) is 5.69. The molecule has 0 radical (unpaired) electrons. The largest absolute Gasteiger partial charge is 0.366 e. The van der Waals surface area contributed by atoms with E-state index in [2.05, 4.69) is 25.4 Å². The molecule has 27 heavy (non-hydrogen) atoms. The van der Waals surface area contributed by atoms with Crippen LogP contribution in [0.1, 0.15) is 15.9 Å². The average molecular weight is 364 g/mol. The van der Waals surface area contributed by atoms with Crippen LogP contribution in [0.25, 0.3) is 22.5 Å². The van der Waals surface area contributed by atoms with E-state index >= 15 is 0 Å². The molecule has 2 aromatic carbocycles. The lowest BCUT2D eigenvalue weighted by molar-refractivity contribution is 0.100. The number of aromatic nitrogens is 4. The number of nitrogens with one attached hydrogen (secondary N) is 1. The van der Waals surface area contributed by atoms with Crippen LogP contribution in [0.15, 0.2) is 53.3 Å². The fraction of sp³-hybridized carbons (Fsp3) is 0.0556. The number of primary amides is 1. The summed E-state index contributed by atoms with van der Waals surface area (Å²) in [6.07, 6.45) is 1.32. The van der Waals surface area contributed by atoms with Gasteiger partial charge in [0.2, 0.25) is 17.5 Å². The van der Waals surface area contributed by atoms with Crippen LogP contribution in [0, 0.1) is 5.82 Å². The number of nitrogens with two attached hydrogens (primary N) is 1. The number of hydrogen-bond acceptors (Lipinski definition) is 7. The number of halogens is 1. The molecule has 4 aromatic rings. The van der Waals surface area contributed by atoms with Crippen molar-refractivity contribution < 1.29 is 13.7 Å². The third-order valence-corrected chi connectivity index (χ3v) is 3.89. The second kappa shape index (κ2) is 6.79. The lowest BCUT2D eigenvalue weighted by Gasteiger charge is -2.05. The standard InChI is InChI=1S/C18H13FN6O2/c19-11-4-1-3-10(7-11)8-21-18-23-9-22-17(24-18)15-12-5-2-6-13(16(20)26)14(12)25-27-15/h1-7,9H,8H2,(H2,20,26)(H,21,22,23,24). The summed E-state index contributed by atoms with van der Waals surface area (Å²) in [5, 5.41) is 7.48. The van der Waals surface area contributed by atoms with Gasteiger partial charge in [-0.05, 0) is 29.8 Å². The van der Waals surface area contributed by atoms with Crippen LogP contribution in [0.2, 0.25) is 0 Å². The normalized spacial score (nSPS) is 10.9. The number of amides is 1. The van der Waals surface area contributed by atoms with Crippen LogP contribution in [0.5, 0.6) is 0 Å². The lowest BCUT2D eigenvalue weighted by atomic mass is 10.1. The van der Waals surface area contributed by atoms with E-state index < -0.39 is 5.91 Å². The molecule has 2 aromatic heterocycles. The van der Waals surface area contributed by atoms with Crippen LogP contribution >= 0.6 is 0 Å². The Hall–Kier alpha value is -3.88. The number of anilines is 1. The van der Waals surface area contributed by atoms with E-state index in [1.54, 1.807) is 30.3 Å². The van der Waals surface area contributed by atoms with Crippen molar-refractivity contribution in [2.45, 2.75) is 6.54 Å². The van der Waals surface area contributed by atoms with Gasteiger partial charge < -0.3 is 15.6 Å². The zero-order valence-electron chi connectivity index (χ0n) is 13.9. The number of nitrogens with zero attached hydrogens (tertiary/aromatic N) is 4. The molecule has 0 fully saturated rings. The molecule has 134 valence electrons. The molecular formula is C18H13FN6O2. The van der Waals surface area contributed by atoms with Crippen molar-refractivity contribution in [3.05, 3.63) is 65.7 Å². The van der Waals surface area contributed by atoms with Crippen molar-refractivity contribution in [1.29, 1.82) is 0 Å². The van der Waals surface area contributed by atoms with Gasteiger partial charge >= 0.3 is 0 Å². The number of rotatable bonds is 5. The third kappa shape index (κ3) is 3.30. The lowest BCUT2D eigenvalue weighted by Crippen LogP contribution is -2.11. The van der Waals surface area contributed by atoms with Gasteiger partial charge in [0.25, 0.3) is 5.91 Å². The van der Waals surface area contributed by atoms with Crippen LogP contribution in [0.4, 0.5) is 10.3 Å². The quantitative estimate of drug-likeness (QED) is 0.558. The Kier molecular flexibility index (Phi) is 4.17. The zero-order chi connectivity index (χ0) is 18.8.